The Balaban J connectivity index is 2.24. The number of ether oxygens (including phenoxy) is 2. The van der Waals surface area contributed by atoms with E-state index >= 15 is 0 Å². The van der Waals surface area contributed by atoms with E-state index in [0.29, 0.717) is 11.5 Å². The van der Waals surface area contributed by atoms with Crippen molar-refractivity contribution in [2.45, 2.75) is 13.0 Å². The predicted octanol–water partition coefficient (Wildman–Crippen LogP) is 2.81. The van der Waals surface area contributed by atoms with Crippen LogP contribution in [0.15, 0.2) is 36.5 Å². The zero-order valence-electron chi connectivity index (χ0n) is 11.6. The first-order chi connectivity index (χ1) is 10.0. The van der Waals surface area contributed by atoms with Gasteiger partial charge in [-0.2, -0.15) is 0 Å². The molecule has 0 bridgehead atoms. The molecule has 0 amide bonds. The van der Waals surface area contributed by atoms with Crippen LogP contribution in [0.3, 0.4) is 0 Å². The van der Waals surface area contributed by atoms with Gasteiger partial charge in [0.1, 0.15) is 5.75 Å². The van der Waals surface area contributed by atoms with Crippen molar-refractivity contribution in [3.05, 3.63) is 52.3 Å². The standard InChI is InChI=1S/C14H15N3O4/c1-9(15)12-5-4-11(8-16-12)21-13-6-3-10(17(18)19)7-14(13)20-2/h3-9H,15H2,1-2H3. The Labute approximate surface area is 121 Å². The second kappa shape index (κ2) is 6.19. The maximum absolute atomic E-state index is 10.7. The number of nitrogens with zero attached hydrogens (tertiary/aromatic N) is 2. The number of nitro benzene ring substituents is 1. The molecular weight excluding hydrogens is 274 g/mol. The van der Waals surface area contributed by atoms with Crippen molar-refractivity contribution in [3.8, 4) is 17.2 Å². The fraction of sp³-hybridized carbons (Fsp3) is 0.214. The van der Waals surface area contributed by atoms with E-state index in [0.717, 1.165) is 5.69 Å². The highest BCUT2D eigenvalue weighted by Crippen LogP contribution is 2.34. The molecule has 0 aliphatic heterocycles. The molecular formula is C14H15N3O4. The molecule has 2 rings (SSSR count). The van der Waals surface area contributed by atoms with Crippen LogP contribution in [0.4, 0.5) is 5.69 Å². The molecule has 2 aromatic rings. The summed E-state index contributed by atoms with van der Waals surface area (Å²) < 4.78 is 10.7. The lowest BCUT2D eigenvalue weighted by molar-refractivity contribution is -0.384. The van der Waals surface area contributed by atoms with Gasteiger partial charge in [-0.25, -0.2) is 0 Å². The Hall–Kier alpha value is -2.67. The first-order valence-electron chi connectivity index (χ1n) is 6.23. The zero-order chi connectivity index (χ0) is 15.4. The molecule has 110 valence electrons. The lowest BCUT2D eigenvalue weighted by atomic mass is 10.2. The van der Waals surface area contributed by atoms with Crippen LogP contribution in [-0.2, 0) is 0 Å². The number of non-ortho nitro benzene ring substituents is 1. The Morgan fingerprint density at radius 1 is 1.29 bits per heavy atom. The largest absolute Gasteiger partial charge is 0.493 e. The number of nitrogens with two attached hydrogens (primary N) is 1. The van der Waals surface area contributed by atoms with Gasteiger partial charge in [-0.3, -0.25) is 15.1 Å². The molecule has 0 saturated heterocycles. The van der Waals surface area contributed by atoms with Crippen molar-refractivity contribution in [1.29, 1.82) is 0 Å². The van der Waals surface area contributed by atoms with Gasteiger partial charge in [-0.15, -0.1) is 0 Å². The molecule has 2 N–H and O–H groups in total. The summed E-state index contributed by atoms with van der Waals surface area (Å²) in [6, 6.07) is 7.47. The van der Waals surface area contributed by atoms with Crippen LogP contribution < -0.4 is 15.2 Å². The zero-order valence-corrected chi connectivity index (χ0v) is 11.6. The predicted molar refractivity (Wildman–Crippen MR) is 76.6 cm³/mol. The third kappa shape index (κ3) is 3.46. The molecule has 0 fully saturated rings. The van der Waals surface area contributed by atoms with E-state index in [1.54, 1.807) is 18.3 Å². The normalized spacial score (nSPS) is 11.8. The number of methoxy groups -OCH3 is 1. The second-order valence-electron chi connectivity index (χ2n) is 4.40. The van der Waals surface area contributed by atoms with Crippen LogP contribution in [-0.4, -0.2) is 17.0 Å². The first-order valence-corrected chi connectivity index (χ1v) is 6.23. The van der Waals surface area contributed by atoms with Crippen LogP contribution >= 0.6 is 0 Å². The Morgan fingerprint density at radius 3 is 2.57 bits per heavy atom. The number of hydrogen-bond donors (Lipinski definition) is 1. The maximum Gasteiger partial charge on any atom is 0.273 e. The van der Waals surface area contributed by atoms with E-state index in [1.165, 1.54) is 25.3 Å². The quantitative estimate of drug-likeness (QED) is 0.671. The van der Waals surface area contributed by atoms with Gasteiger partial charge in [0, 0.05) is 12.1 Å². The smallest absolute Gasteiger partial charge is 0.273 e. The summed E-state index contributed by atoms with van der Waals surface area (Å²) in [5.41, 5.74) is 6.40. The SMILES string of the molecule is COc1cc([N+](=O)[O-])ccc1Oc1ccc(C(C)N)nc1. The molecule has 0 saturated carbocycles. The number of aromatic nitrogens is 1. The lowest BCUT2D eigenvalue weighted by Crippen LogP contribution is -2.06. The van der Waals surface area contributed by atoms with Crippen molar-refractivity contribution in [3.63, 3.8) is 0 Å². The average molecular weight is 289 g/mol. The average Bonchev–Trinajstić information content (AvgIpc) is 2.48. The van der Waals surface area contributed by atoms with Crippen molar-refractivity contribution >= 4 is 5.69 Å². The minimum absolute atomic E-state index is 0.0652. The van der Waals surface area contributed by atoms with Gasteiger partial charge < -0.3 is 15.2 Å². The highest BCUT2D eigenvalue weighted by atomic mass is 16.6. The highest BCUT2D eigenvalue weighted by Gasteiger charge is 2.13. The molecule has 1 atom stereocenters. The summed E-state index contributed by atoms with van der Waals surface area (Å²) in [6.07, 6.45) is 1.54. The van der Waals surface area contributed by atoms with Gasteiger partial charge in [0.2, 0.25) is 0 Å². The van der Waals surface area contributed by atoms with Crippen LogP contribution in [0.25, 0.3) is 0 Å². The Morgan fingerprint density at radius 2 is 2.05 bits per heavy atom. The monoisotopic (exact) mass is 289 g/mol. The third-order valence-corrected chi connectivity index (χ3v) is 2.81. The van der Waals surface area contributed by atoms with Gasteiger partial charge >= 0.3 is 0 Å². The molecule has 1 aromatic heterocycles. The molecule has 1 heterocycles. The molecule has 7 nitrogen and oxygen atoms in total. The van der Waals surface area contributed by atoms with Gasteiger partial charge in [-0.1, -0.05) is 0 Å². The second-order valence-corrected chi connectivity index (χ2v) is 4.40. The van der Waals surface area contributed by atoms with Crippen LogP contribution in [0.2, 0.25) is 0 Å². The minimum Gasteiger partial charge on any atom is -0.493 e. The highest BCUT2D eigenvalue weighted by molar-refractivity contribution is 5.50. The van der Waals surface area contributed by atoms with Crippen LogP contribution in [0, 0.1) is 10.1 Å². The van der Waals surface area contributed by atoms with Gasteiger partial charge in [0.25, 0.3) is 5.69 Å². The Kier molecular flexibility index (Phi) is 4.34. The van der Waals surface area contributed by atoms with Crippen molar-refractivity contribution < 1.29 is 14.4 Å². The summed E-state index contributed by atoms with van der Waals surface area (Å²) in [5, 5.41) is 10.7. The van der Waals surface area contributed by atoms with Crippen LogP contribution in [0.5, 0.6) is 17.2 Å². The lowest BCUT2D eigenvalue weighted by Gasteiger charge is -2.10. The molecule has 1 unspecified atom stereocenters. The van der Waals surface area contributed by atoms with Gasteiger partial charge in [-0.05, 0) is 25.1 Å². The topological polar surface area (TPSA) is 101 Å². The molecule has 0 aliphatic rings. The Bertz CT molecular complexity index is 641. The molecule has 0 aliphatic carbocycles. The van der Waals surface area contributed by atoms with E-state index in [-0.39, 0.29) is 17.5 Å². The number of pyridine rings is 1. The van der Waals surface area contributed by atoms with E-state index in [2.05, 4.69) is 4.98 Å². The minimum atomic E-state index is -0.495. The van der Waals surface area contributed by atoms with Crippen molar-refractivity contribution in [1.82, 2.24) is 4.98 Å². The molecule has 0 spiro atoms. The van der Waals surface area contributed by atoms with Gasteiger partial charge in [0.05, 0.1) is 30.0 Å². The molecule has 1 aromatic carbocycles. The van der Waals surface area contributed by atoms with Crippen molar-refractivity contribution in [2.24, 2.45) is 5.73 Å². The summed E-state index contributed by atoms with van der Waals surface area (Å²) >= 11 is 0. The summed E-state index contributed by atoms with van der Waals surface area (Å²) in [7, 11) is 1.42. The summed E-state index contributed by atoms with van der Waals surface area (Å²) in [5.74, 6) is 1.14. The number of nitro groups is 1. The third-order valence-electron chi connectivity index (χ3n) is 2.81. The van der Waals surface area contributed by atoms with Crippen LogP contribution in [0.1, 0.15) is 18.7 Å². The maximum atomic E-state index is 10.7. The van der Waals surface area contributed by atoms with E-state index in [1.807, 2.05) is 6.92 Å². The summed E-state index contributed by atoms with van der Waals surface area (Å²) in [6.45, 7) is 1.84. The van der Waals surface area contributed by atoms with Gasteiger partial charge in [0.15, 0.2) is 11.5 Å². The molecule has 21 heavy (non-hydrogen) atoms. The summed E-state index contributed by atoms with van der Waals surface area (Å²) in [4.78, 5) is 14.4. The van der Waals surface area contributed by atoms with E-state index in [9.17, 15) is 10.1 Å². The van der Waals surface area contributed by atoms with E-state index in [4.69, 9.17) is 15.2 Å². The number of benzene rings is 1. The number of rotatable bonds is 5. The fourth-order valence-corrected chi connectivity index (χ4v) is 1.70. The molecule has 0 radical (unpaired) electrons. The molecule has 7 heteroatoms. The van der Waals surface area contributed by atoms with E-state index < -0.39 is 4.92 Å². The number of hydrogen-bond acceptors (Lipinski definition) is 6. The fourth-order valence-electron chi connectivity index (χ4n) is 1.70. The van der Waals surface area contributed by atoms with Crippen molar-refractivity contribution in [2.75, 3.05) is 7.11 Å². The first kappa shape index (κ1) is 14.7.